The van der Waals surface area contributed by atoms with E-state index in [0.717, 1.165) is 57.0 Å². The Labute approximate surface area is 171 Å². The second-order valence-electron chi connectivity index (χ2n) is 7.71. The molecule has 2 saturated heterocycles. The predicted octanol–water partition coefficient (Wildman–Crippen LogP) is 1.21. The number of aromatic nitrogens is 4. The van der Waals surface area contributed by atoms with Gasteiger partial charge in [0, 0.05) is 32.8 Å². The Bertz CT molecular complexity index is 799. The maximum Gasteiger partial charge on any atom is 0.173 e. The highest BCUT2D eigenvalue weighted by Gasteiger charge is 2.31. The van der Waals surface area contributed by atoms with E-state index >= 15 is 0 Å². The molecule has 3 heterocycles. The zero-order valence-electron chi connectivity index (χ0n) is 17.5. The summed E-state index contributed by atoms with van der Waals surface area (Å²) >= 11 is 0. The van der Waals surface area contributed by atoms with Crippen molar-refractivity contribution in [1.82, 2.24) is 30.0 Å². The van der Waals surface area contributed by atoms with Crippen molar-refractivity contribution in [3.8, 4) is 11.5 Å². The first-order valence-electron chi connectivity index (χ1n) is 10.2. The number of benzene rings is 1. The quantitative estimate of drug-likeness (QED) is 0.684. The van der Waals surface area contributed by atoms with Crippen molar-refractivity contribution in [3.05, 3.63) is 29.6 Å². The van der Waals surface area contributed by atoms with Crippen LogP contribution >= 0.6 is 0 Å². The van der Waals surface area contributed by atoms with Crippen LogP contribution in [0.3, 0.4) is 0 Å². The highest BCUT2D eigenvalue weighted by Crippen LogP contribution is 2.35. The van der Waals surface area contributed by atoms with E-state index in [1.165, 1.54) is 0 Å². The van der Waals surface area contributed by atoms with Gasteiger partial charge in [0.25, 0.3) is 0 Å². The summed E-state index contributed by atoms with van der Waals surface area (Å²) in [6, 6.07) is 6.01. The lowest BCUT2D eigenvalue weighted by molar-refractivity contribution is 0.0878. The monoisotopic (exact) mass is 402 g/mol. The molecule has 2 fully saturated rings. The van der Waals surface area contributed by atoms with Gasteiger partial charge in [-0.05, 0) is 48.0 Å². The van der Waals surface area contributed by atoms with Gasteiger partial charge < -0.3 is 19.1 Å². The number of hydrogen-bond acceptors (Lipinski definition) is 8. The van der Waals surface area contributed by atoms with Crippen LogP contribution in [0.5, 0.6) is 11.5 Å². The van der Waals surface area contributed by atoms with E-state index in [2.05, 4.69) is 38.4 Å². The molecule has 29 heavy (non-hydrogen) atoms. The Morgan fingerprint density at radius 3 is 2.62 bits per heavy atom. The number of ether oxygens (including phenoxy) is 3. The van der Waals surface area contributed by atoms with E-state index in [-0.39, 0.29) is 12.1 Å². The lowest BCUT2D eigenvalue weighted by atomic mass is 10.0. The van der Waals surface area contributed by atoms with Gasteiger partial charge in [-0.1, -0.05) is 6.07 Å². The van der Waals surface area contributed by atoms with Crippen molar-refractivity contribution >= 4 is 0 Å². The minimum atomic E-state index is -0.0556. The van der Waals surface area contributed by atoms with Crippen LogP contribution in [0.1, 0.15) is 30.3 Å². The minimum absolute atomic E-state index is 0.0556. The van der Waals surface area contributed by atoms with Gasteiger partial charge in [0.1, 0.15) is 0 Å². The maximum absolute atomic E-state index is 5.82. The molecule has 0 bridgehead atoms. The summed E-state index contributed by atoms with van der Waals surface area (Å²) in [5.41, 5.74) is 1.09. The van der Waals surface area contributed by atoms with Crippen LogP contribution in [0.2, 0.25) is 0 Å². The third-order valence-corrected chi connectivity index (χ3v) is 5.83. The Morgan fingerprint density at radius 2 is 1.93 bits per heavy atom. The molecule has 0 amide bonds. The Kier molecular flexibility index (Phi) is 6.27. The summed E-state index contributed by atoms with van der Waals surface area (Å²) in [6.07, 6.45) is 2.32. The summed E-state index contributed by atoms with van der Waals surface area (Å²) in [5.74, 6) is 2.27. The smallest absolute Gasteiger partial charge is 0.173 e. The lowest BCUT2D eigenvalue weighted by Gasteiger charge is -2.37. The van der Waals surface area contributed by atoms with E-state index in [0.29, 0.717) is 18.0 Å². The van der Waals surface area contributed by atoms with Crippen LogP contribution in [0.15, 0.2) is 18.2 Å². The summed E-state index contributed by atoms with van der Waals surface area (Å²) in [5, 5.41) is 12.8. The molecule has 0 aliphatic carbocycles. The van der Waals surface area contributed by atoms with E-state index in [1.54, 1.807) is 14.2 Å². The van der Waals surface area contributed by atoms with Crippen molar-refractivity contribution in [2.24, 2.45) is 0 Å². The number of likely N-dealkylation sites (N-methyl/N-ethyl adjacent to an activating group) is 1. The molecule has 0 saturated carbocycles. The maximum atomic E-state index is 5.82. The van der Waals surface area contributed by atoms with Crippen molar-refractivity contribution in [2.45, 2.75) is 31.5 Å². The Morgan fingerprint density at radius 1 is 1.14 bits per heavy atom. The van der Waals surface area contributed by atoms with Crippen molar-refractivity contribution in [2.75, 3.05) is 54.1 Å². The molecule has 1 aromatic heterocycles. The van der Waals surface area contributed by atoms with Crippen LogP contribution in [-0.4, -0.2) is 90.2 Å². The third-order valence-electron chi connectivity index (χ3n) is 5.83. The first kappa shape index (κ1) is 20.1. The largest absolute Gasteiger partial charge is 0.493 e. The van der Waals surface area contributed by atoms with Crippen LogP contribution in [-0.2, 0) is 11.3 Å². The Hall–Kier alpha value is -2.23. The molecule has 2 aliphatic heterocycles. The highest BCUT2D eigenvalue weighted by atomic mass is 16.5. The van der Waals surface area contributed by atoms with Crippen LogP contribution in [0.4, 0.5) is 0 Å². The number of piperazine rings is 1. The normalized spacial score (nSPS) is 22.0. The fraction of sp³-hybridized carbons (Fsp3) is 0.650. The van der Waals surface area contributed by atoms with Crippen molar-refractivity contribution in [1.29, 1.82) is 0 Å². The molecule has 4 rings (SSSR count). The molecular formula is C20H30N6O3. The molecule has 0 N–H and O–H groups in total. The number of methoxy groups -OCH3 is 2. The van der Waals surface area contributed by atoms with Gasteiger partial charge in [0.2, 0.25) is 0 Å². The second-order valence-corrected chi connectivity index (χ2v) is 7.71. The third kappa shape index (κ3) is 4.36. The zero-order chi connectivity index (χ0) is 20.2. The zero-order valence-corrected chi connectivity index (χ0v) is 17.5. The molecule has 0 radical (unpaired) electrons. The fourth-order valence-corrected chi connectivity index (χ4v) is 4.14. The number of tetrazole rings is 1. The summed E-state index contributed by atoms with van der Waals surface area (Å²) < 4.78 is 18.7. The molecule has 2 aromatic rings. The van der Waals surface area contributed by atoms with Crippen molar-refractivity contribution < 1.29 is 14.2 Å². The van der Waals surface area contributed by atoms with Gasteiger partial charge in [0.15, 0.2) is 17.3 Å². The van der Waals surface area contributed by atoms with Gasteiger partial charge >= 0.3 is 0 Å². The topological polar surface area (TPSA) is 77.8 Å². The van der Waals surface area contributed by atoms with E-state index < -0.39 is 0 Å². The van der Waals surface area contributed by atoms with Gasteiger partial charge in [-0.15, -0.1) is 5.10 Å². The summed E-state index contributed by atoms with van der Waals surface area (Å²) in [6.45, 7) is 5.42. The summed E-state index contributed by atoms with van der Waals surface area (Å²) in [7, 11) is 5.47. The average molecular weight is 402 g/mol. The van der Waals surface area contributed by atoms with E-state index in [4.69, 9.17) is 14.2 Å². The molecule has 0 spiro atoms. The van der Waals surface area contributed by atoms with E-state index in [9.17, 15) is 0 Å². The van der Waals surface area contributed by atoms with Gasteiger partial charge in [0.05, 0.1) is 32.9 Å². The molecule has 9 nitrogen and oxygen atoms in total. The number of nitrogens with zero attached hydrogens (tertiary/aromatic N) is 6. The van der Waals surface area contributed by atoms with Crippen molar-refractivity contribution in [3.63, 3.8) is 0 Å². The van der Waals surface area contributed by atoms with Gasteiger partial charge in [-0.3, -0.25) is 4.90 Å². The SMILES string of the molecule is COc1ccc(C(c2nnnn2CC2CCCO2)N2CCN(C)CC2)cc1OC. The molecule has 9 heteroatoms. The first-order chi connectivity index (χ1) is 14.2. The lowest BCUT2D eigenvalue weighted by Crippen LogP contribution is -2.46. The molecule has 1 aromatic carbocycles. The molecule has 2 aliphatic rings. The first-order valence-corrected chi connectivity index (χ1v) is 10.2. The molecule has 158 valence electrons. The summed E-state index contributed by atoms with van der Waals surface area (Å²) in [4.78, 5) is 4.79. The van der Waals surface area contributed by atoms with Gasteiger partial charge in [-0.25, -0.2) is 4.68 Å². The Balaban J connectivity index is 1.69. The number of rotatable bonds is 7. The second kappa shape index (κ2) is 9.06. The molecular weight excluding hydrogens is 372 g/mol. The van der Waals surface area contributed by atoms with Crippen LogP contribution < -0.4 is 9.47 Å². The minimum Gasteiger partial charge on any atom is -0.493 e. The number of hydrogen-bond donors (Lipinski definition) is 0. The molecule has 2 unspecified atom stereocenters. The van der Waals surface area contributed by atoms with Crippen LogP contribution in [0.25, 0.3) is 0 Å². The fourth-order valence-electron chi connectivity index (χ4n) is 4.14. The predicted molar refractivity (Wildman–Crippen MR) is 107 cm³/mol. The molecule has 2 atom stereocenters. The van der Waals surface area contributed by atoms with Gasteiger partial charge in [-0.2, -0.15) is 0 Å². The van der Waals surface area contributed by atoms with Crippen LogP contribution in [0, 0.1) is 0 Å². The average Bonchev–Trinajstić information content (AvgIpc) is 3.42. The standard InChI is InChI=1S/C20H30N6O3/c1-24-8-10-25(11-9-24)19(15-6-7-17(27-2)18(13-15)28-3)20-21-22-23-26(20)14-16-5-4-12-29-16/h6-7,13,16,19H,4-5,8-12,14H2,1-3H3. The highest BCUT2D eigenvalue weighted by molar-refractivity contribution is 5.45. The van der Waals surface area contributed by atoms with E-state index in [1.807, 2.05) is 16.8 Å².